The number of amides is 2. The highest BCUT2D eigenvalue weighted by Gasteiger charge is 2.46. The molecule has 1 aliphatic heterocycles. The van der Waals surface area contributed by atoms with E-state index in [1.807, 2.05) is 38.1 Å². The lowest BCUT2D eigenvalue weighted by molar-refractivity contribution is -0.154. The first-order valence-corrected chi connectivity index (χ1v) is 13.1. The Bertz CT molecular complexity index is 1080. The maximum atomic E-state index is 13.5. The van der Waals surface area contributed by atoms with Crippen molar-refractivity contribution in [2.24, 2.45) is 5.41 Å². The molecule has 35 heavy (non-hydrogen) atoms. The number of aliphatic carboxylic acids is 1. The summed E-state index contributed by atoms with van der Waals surface area (Å²) in [5, 5.41) is 12.2. The van der Waals surface area contributed by atoms with Gasteiger partial charge in [0, 0.05) is 18.2 Å². The maximum absolute atomic E-state index is 13.5. The molecule has 0 spiro atoms. The molecule has 2 aromatic carbocycles. The van der Waals surface area contributed by atoms with Crippen molar-refractivity contribution in [3.05, 3.63) is 59.7 Å². The van der Waals surface area contributed by atoms with Gasteiger partial charge < -0.3 is 20.1 Å². The number of rotatable bonds is 8. The normalized spacial score (nSPS) is 20.6. The summed E-state index contributed by atoms with van der Waals surface area (Å²) in [6.45, 7) is 5.85. The number of alkyl carbamates (subject to hydrolysis) is 1. The average molecular weight is 497 g/mol. The minimum absolute atomic E-state index is 0.0457. The number of hydrogen-bond donors (Lipinski definition) is 2. The van der Waals surface area contributed by atoms with Crippen molar-refractivity contribution in [2.75, 3.05) is 18.9 Å². The fourth-order valence-corrected chi connectivity index (χ4v) is 6.27. The van der Waals surface area contributed by atoms with Crippen LogP contribution in [0.5, 0.6) is 0 Å². The Labute approximate surface area is 210 Å². The van der Waals surface area contributed by atoms with E-state index < -0.39 is 23.5 Å². The topological polar surface area (TPSA) is 95.9 Å². The van der Waals surface area contributed by atoms with Gasteiger partial charge in [0.25, 0.3) is 0 Å². The quantitative estimate of drug-likeness (QED) is 0.550. The molecule has 4 rings (SSSR count). The Hall–Kier alpha value is -3.00. The Balaban J connectivity index is 1.40. The van der Waals surface area contributed by atoms with Crippen molar-refractivity contribution in [1.29, 1.82) is 0 Å². The molecule has 1 saturated heterocycles. The minimum Gasteiger partial charge on any atom is -0.480 e. The molecule has 2 N–H and O–H groups in total. The lowest BCUT2D eigenvalue weighted by atomic mass is 9.85. The molecule has 0 bridgehead atoms. The predicted octanol–water partition coefficient (Wildman–Crippen LogP) is 4.71. The Kier molecular flexibility index (Phi) is 7.40. The van der Waals surface area contributed by atoms with E-state index >= 15 is 0 Å². The van der Waals surface area contributed by atoms with Crippen LogP contribution in [0.25, 0.3) is 11.1 Å². The number of thioether (sulfide) groups is 1. The van der Waals surface area contributed by atoms with Crippen molar-refractivity contribution >= 4 is 29.7 Å². The van der Waals surface area contributed by atoms with Crippen molar-refractivity contribution in [2.45, 2.75) is 50.9 Å². The van der Waals surface area contributed by atoms with Crippen molar-refractivity contribution in [3.8, 4) is 11.1 Å². The standard InChI is InChI=1S/C27H32N2O5S/c1-4-23-29(22(15-35-23)24(30)31)25(32)27(3,5-2)16-28-26(33)34-14-21-19-12-8-6-10-17(19)18-11-7-9-13-20(18)21/h6-13,21-23H,4-5,14-16H2,1-3H3,(H,28,33)(H,30,31). The van der Waals surface area contributed by atoms with Crippen molar-refractivity contribution in [3.63, 3.8) is 0 Å². The molecular weight excluding hydrogens is 464 g/mol. The summed E-state index contributed by atoms with van der Waals surface area (Å²) in [7, 11) is 0. The van der Waals surface area contributed by atoms with Crippen molar-refractivity contribution < 1.29 is 24.2 Å². The Morgan fingerprint density at radius 2 is 1.69 bits per heavy atom. The van der Waals surface area contributed by atoms with E-state index in [1.165, 1.54) is 16.7 Å². The second kappa shape index (κ2) is 10.3. The number of fused-ring (bicyclic) bond motifs is 3. The SMILES string of the molecule is CCC1SCC(C(=O)O)N1C(=O)C(C)(CC)CNC(=O)OCC1c2ccccc2-c2ccccc21. The molecule has 8 heteroatoms. The molecule has 0 aromatic heterocycles. The largest absolute Gasteiger partial charge is 0.480 e. The smallest absolute Gasteiger partial charge is 0.407 e. The molecule has 2 aliphatic rings. The number of benzene rings is 2. The Morgan fingerprint density at radius 1 is 1.09 bits per heavy atom. The number of nitrogens with one attached hydrogen (secondary N) is 1. The van der Waals surface area contributed by atoms with Crippen LogP contribution in [-0.4, -0.2) is 58.3 Å². The van der Waals surface area contributed by atoms with Gasteiger partial charge in [-0.15, -0.1) is 11.8 Å². The third-order valence-corrected chi connectivity index (χ3v) is 8.68. The first-order valence-electron chi connectivity index (χ1n) is 12.1. The first-order chi connectivity index (χ1) is 16.8. The van der Waals surface area contributed by atoms with Gasteiger partial charge in [-0.3, -0.25) is 4.79 Å². The lowest BCUT2D eigenvalue weighted by Crippen LogP contribution is -2.54. The molecule has 7 nitrogen and oxygen atoms in total. The molecule has 1 heterocycles. The molecule has 3 atom stereocenters. The highest BCUT2D eigenvalue weighted by atomic mass is 32.2. The van der Waals surface area contributed by atoms with Gasteiger partial charge in [-0.1, -0.05) is 62.4 Å². The van der Waals surface area contributed by atoms with Crippen LogP contribution in [0.3, 0.4) is 0 Å². The van der Waals surface area contributed by atoms with Gasteiger partial charge in [-0.05, 0) is 42.0 Å². The monoisotopic (exact) mass is 496 g/mol. The van der Waals surface area contributed by atoms with E-state index in [-0.39, 0.29) is 30.4 Å². The highest BCUT2D eigenvalue weighted by Crippen LogP contribution is 2.44. The lowest BCUT2D eigenvalue weighted by Gasteiger charge is -2.36. The summed E-state index contributed by atoms with van der Waals surface area (Å²) >= 11 is 1.49. The molecule has 186 valence electrons. The zero-order valence-electron chi connectivity index (χ0n) is 20.3. The van der Waals surface area contributed by atoms with Crippen LogP contribution in [0.1, 0.15) is 50.7 Å². The summed E-state index contributed by atoms with van der Waals surface area (Å²) in [4.78, 5) is 39.4. The van der Waals surface area contributed by atoms with Crippen LogP contribution in [0.4, 0.5) is 4.79 Å². The third-order valence-electron chi connectivity index (χ3n) is 7.22. The number of carboxylic acid groups (broad SMARTS) is 1. The minimum atomic E-state index is -0.996. The van der Waals surface area contributed by atoms with Gasteiger partial charge in [0.05, 0.1) is 10.8 Å². The van der Waals surface area contributed by atoms with E-state index in [0.717, 1.165) is 22.3 Å². The van der Waals surface area contributed by atoms with Crippen LogP contribution in [-0.2, 0) is 14.3 Å². The van der Waals surface area contributed by atoms with Crippen LogP contribution in [0.15, 0.2) is 48.5 Å². The average Bonchev–Trinajstić information content (AvgIpc) is 3.45. The van der Waals surface area contributed by atoms with Gasteiger partial charge >= 0.3 is 12.1 Å². The van der Waals surface area contributed by atoms with Crippen LogP contribution in [0.2, 0.25) is 0 Å². The summed E-state index contributed by atoms with van der Waals surface area (Å²) in [6, 6.07) is 15.4. The van der Waals surface area contributed by atoms with Gasteiger partial charge in [-0.2, -0.15) is 0 Å². The summed E-state index contributed by atoms with van der Waals surface area (Å²) in [5.41, 5.74) is 3.64. The van der Waals surface area contributed by atoms with E-state index in [1.54, 1.807) is 6.92 Å². The number of hydrogen-bond acceptors (Lipinski definition) is 5. The third kappa shape index (κ3) is 4.76. The molecule has 1 aliphatic carbocycles. The van der Waals surface area contributed by atoms with E-state index in [2.05, 4.69) is 29.6 Å². The number of ether oxygens (including phenoxy) is 1. The molecule has 1 fully saturated rings. The van der Waals surface area contributed by atoms with Gasteiger partial charge in [0.2, 0.25) is 5.91 Å². The number of nitrogens with zero attached hydrogens (tertiary/aromatic N) is 1. The first kappa shape index (κ1) is 25.1. The highest BCUT2D eigenvalue weighted by molar-refractivity contribution is 8.00. The Morgan fingerprint density at radius 3 is 2.23 bits per heavy atom. The number of carboxylic acids is 1. The van der Waals surface area contributed by atoms with Crippen LogP contribution >= 0.6 is 11.8 Å². The van der Waals surface area contributed by atoms with Crippen LogP contribution < -0.4 is 5.32 Å². The summed E-state index contributed by atoms with van der Waals surface area (Å²) < 4.78 is 5.61. The van der Waals surface area contributed by atoms with Gasteiger partial charge in [0.1, 0.15) is 12.6 Å². The fourth-order valence-electron chi connectivity index (χ4n) is 4.92. The second-order valence-electron chi connectivity index (χ2n) is 9.36. The predicted molar refractivity (Wildman–Crippen MR) is 136 cm³/mol. The van der Waals surface area contributed by atoms with Crippen molar-refractivity contribution in [1.82, 2.24) is 10.2 Å². The number of carbonyl (C=O) groups excluding carboxylic acids is 2. The fraction of sp³-hybridized carbons (Fsp3) is 0.444. The molecule has 2 amide bonds. The van der Waals surface area contributed by atoms with Gasteiger partial charge in [-0.25, -0.2) is 9.59 Å². The van der Waals surface area contributed by atoms with E-state index in [0.29, 0.717) is 18.6 Å². The van der Waals surface area contributed by atoms with Crippen LogP contribution in [0, 0.1) is 5.41 Å². The zero-order chi connectivity index (χ0) is 25.2. The molecule has 3 unspecified atom stereocenters. The summed E-state index contributed by atoms with van der Waals surface area (Å²) in [5.74, 6) is -0.914. The van der Waals surface area contributed by atoms with Gasteiger partial charge in [0.15, 0.2) is 0 Å². The van der Waals surface area contributed by atoms with E-state index in [9.17, 15) is 19.5 Å². The second-order valence-corrected chi connectivity index (χ2v) is 10.6. The molecule has 0 radical (unpaired) electrons. The molecule has 0 saturated carbocycles. The van der Waals surface area contributed by atoms with E-state index in [4.69, 9.17) is 4.74 Å². The molecular formula is C27H32N2O5S. The molecule has 2 aromatic rings. The maximum Gasteiger partial charge on any atom is 0.407 e. The zero-order valence-corrected chi connectivity index (χ0v) is 21.1. The summed E-state index contributed by atoms with van der Waals surface area (Å²) in [6.07, 6.45) is 0.538. The number of carbonyl (C=O) groups is 3.